The van der Waals surface area contributed by atoms with Crippen molar-refractivity contribution in [3.05, 3.63) is 35.3 Å². The van der Waals surface area contributed by atoms with Crippen molar-refractivity contribution in [1.29, 1.82) is 0 Å². The molecule has 2 rings (SSSR count). The van der Waals surface area contributed by atoms with Crippen LogP contribution in [0.2, 0.25) is 0 Å². The fourth-order valence-electron chi connectivity index (χ4n) is 1.35. The molecule has 2 aromatic rings. The van der Waals surface area contributed by atoms with Crippen molar-refractivity contribution in [2.45, 2.75) is 0 Å². The molecule has 0 saturated heterocycles. The maximum atomic E-state index is 11.3. The van der Waals surface area contributed by atoms with Gasteiger partial charge in [-0.1, -0.05) is 6.07 Å². The number of carbonyl (C=O) groups excluding carboxylic acids is 1. The summed E-state index contributed by atoms with van der Waals surface area (Å²) in [5.74, 6) is 0.315. The lowest BCUT2D eigenvalue weighted by molar-refractivity contribution is 0.0595. The average Bonchev–Trinajstić information content (AvgIpc) is 2.86. The van der Waals surface area contributed by atoms with E-state index in [0.29, 0.717) is 10.8 Å². The molecule has 0 unspecified atom stereocenters. The largest absolute Gasteiger partial charge is 0.497 e. The number of nitrogens with zero attached hydrogens (tertiary/aromatic N) is 1. The number of carbonyl (C=O) groups is 1. The third-order valence-electron chi connectivity index (χ3n) is 2.22. The number of anilines is 2. The molecule has 0 spiro atoms. The Morgan fingerprint density at radius 3 is 2.94 bits per heavy atom. The first-order valence-corrected chi connectivity index (χ1v) is 6.06. The van der Waals surface area contributed by atoms with Crippen LogP contribution in [-0.2, 0) is 4.74 Å². The van der Waals surface area contributed by atoms with Crippen LogP contribution in [0.25, 0.3) is 0 Å². The summed E-state index contributed by atoms with van der Waals surface area (Å²) in [6.45, 7) is 0. The summed E-state index contributed by atoms with van der Waals surface area (Å²) >= 11 is 1.34. The average molecular weight is 264 g/mol. The van der Waals surface area contributed by atoms with Crippen molar-refractivity contribution in [3.8, 4) is 5.75 Å². The zero-order valence-electron chi connectivity index (χ0n) is 9.97. The third-order valence-corrected chi connectivity index (χ3v) is 2.98. The first-order valence-electron chi connectivity index (χ1n) is 5.18. The molecule has 5 nitrogen and oxygen atoms in total. The topological polar surface area (TPSA) is 60.5 Å². The lowest BCUT2D eigenvalue weighted by atomic mass is 10.3. The van der Waals surface area contributed by atoms with E-state index in [4.69, 9.17) is 4.74 Å². The van der Waals surface area contributed by atoms with Gasteiger partial charge in [-0.05, 0) is 12.1 Å². The van der Waals surface area contributed by atoms with Gasteiger partial charge in [0.25, 0.3) is 0 Å². The minimum absolute atomic E-state index is 0.299. The van der Waals surface area contributed by atoms with Gasteiger partial charge in [-0.2, -0.15) is 0 Å². The fourth-order valence-corrected chi connectivity index (χ4v) is 2.05. The molecule has 0 atom stereocenters. The first kappa shape index (κ1) is 12.4. The second-order valence-corrected chi connectivity index (χ2v) is 4.24. The molecule has 0 radical (unpaired) electrons. The van der Waals surface area contributed by atoms with Crippen molar-refractivity contribution >= 4 is 28.1 Å². The van der Waals surface area contributed by atoms with Gasteiger partial charge < -0.3 is 14.8 Å². The predicted molar refractivity (Wildman–Crippen MR) is 69.7 cm³/mol. The quantitative estimate of drug-likeness (QED) is 0.860. The summed E-state index contributed by atoms with van der Waals surface area (Å²) in [7, 11) is 2.94. The number of benzene rings is 1. The van der Waals surface area contributed by atoms with Gasteiger partial charge in [0.2, 0.25) is 0 Å². The molecule has 0 aliphatic carbocycles. The van der Waals surface area contributed by atoms with E-state index < -0.39 is 5.97 Å². The van der Waals surface area contributed by atoms with Crippen LogP contribution in [0.4, 0.5) is 10.8 Å². The van der Waals surface area contributed by atoms with Gasteiger partial charge in [-0.3, -0.25) is 0 Å². The Bertz CT molecular complexity index is 554. The fraction of sp³-hybridized carbons (Fsp3) is 0.167. The lowest BCUT2D eigenvalue weighted by Crippen LogP contribution is -2.01. The highest BCUT2D eigenvalue weighted by Crippen LogP contribution is 2.23. The van der Waals surface area contributed by atoms with E-state index in [1.807, 2.05) is 24.3 Å². The summed E-state index contributed by atoms with van der Waals surface area (Å²) in [6.07, 6.45) is 0. The molecule has 1 heterocycles. The summed E-state index contributed by atoms with van der Waals surface area (Å²) in [5.41, 5.74) is 1.15. The Labute approximate surface area is 108 Å². The number of hydrogen-bond donors (Lipinski definition) is 1. The van der Waals surface area contributed by atoms with E-state index in [0.717, 1.165) is 11.4 Å². The van der Waals surface area contributed by atoms with Gasteiger partial charge in [-0.15, -0.1) is 11.3 Å². The maximum absolute atomic E-state index is 11.3. The molecule has 0 aliphatic heterocycles. The third kappa shape index (κ3) is 2.78. The number of methoxy groups -OCH3 is 2. The zero-order chi connectivity index (χ0) is 13.0. The molecule has 1 aromatic carbocycles. The van der Waals surface area contributed by atoms with Crippen LogP contribution in [0, 0.1) is 0 Å². The number of aromatic nitrogens is 1. The second-order valence-electron chi connectivity index (χ2n) is 3.39. The van der Waals surface area contributed by atoms with Crippen LogP contribution in [0.15, 0.2) is 29.6 Å². The molecule has 18 heavy (non-hydrogen) atoms. The summed E-state index contributed by atoms with van der Waals surface area (Å²) in [5, 5.41) is 5.37. The molecule has 0 saturated carbocycles. The van der Waals surface area contributed by atoms with Gasteiger partial charge >= 0.3 is 5.97 Å². The highest BCUT2D eigenvalue weighted by atomic mass is 32.1. The molecule has 0 aliphatic rings. The zero-order valence-corrected chi connectivity index (χ0v) is 10.8. The highest BCUT2D eigenvalue weighted by molar-refractivity contribution is 7.14. The molecule has 0 fully saturated rings. The van der Waals surface area contributed by atoms with E-state index in [1.165, 1.54) is 18.4 Å². The van der Waals surface area contributed by atoms with Crippen LogP contribution >= 0.6 is 11.3 Å². The molecule has 0 bridgehead atoms. The van der Waals surface area contributed by atoms with Gasteiger partial charge in [0.1, 0.15) is 5.75 Å². The second kappa shape index (κ2) is 5.50. The SMILES string of the molecule is COC(=O)c1csc(Nc2cccc(OC)c2)n1. The van der Waals surface area contributed by atoms with Gasteiger partial charge in [0, 0.05) is 17.1 Å². The number of esters is 1. The monoisotopic (exact) mass is 264 g/mol. The summed E-state index contributed by atoms with van der Waals surface area (Å²) in [4.78, 5) is 15.4. The number of thiazole rings is 1. The van der Waals surface area contributed by atoms with Crippen LogP contribution in [0.1, 0.15) is 10.5 Å². The minimum Gasteiger partial charge on any atom is -0.497 e. The van der Waals surface area contributed by atoms with Crippen molar-refractivity contribution in [1.82, 2.24) is 4.98 Å². The molecular formula is C12H12N2O3S. The van der Waals surface area contributed by atoms with E-state index in [9.17, 15) is 4.79 Å². The van der Waals surface area contributed by atoms with Crippen LogP contribution < -0.4 is 10.1 Å². The Morgan fingerprint density at radius 2 is 2.22 bits per heavy atom. The number of ether oxygens (including phenoxy) is 2. The molecule has 0 amide bonds. The maximum Gasteiger partial charge on any atom is 0.357 e. The molecule has 94 valence electrons. The predicted octanol–water partition coefficient (Wildman–Crippen LogP) is 2.68. The highest BCUT2D eigenvalue weighted by Gasteiger charge is 2.10. The van der Waals surface area contributed by atoms with Crippen molar-refractivity contribution in [3.63, 3.8) is 0 Å². The summed E-state index contributed by atoms with van der Waals surface area (Å²) in [6, 6.07) is 7.46. The molecule has 6 heteroatoms. The molecule has 1 aromatic heterocycles. The Morgan fingerprint density at radius 1 is 1.39 bits per heavy atom. The van der Waals surface area contributed by atoms with Crippen molar-refractivity contribution in [2.75, 3.05) is 19.5 Å². The Hall–Kier alpha value is -2.08. The molecule has 1 N–H and O–H groups in total. The van der Waals surface area contributed by atoms with Crippen molar-refractivity contribution < 1.29 is 14.3 Å². The van der Waals surface area contributed by atoms with E-state index in [-0.39, 0.29) is 0 Å². The van der Waals surface area contributed by atoms with E-state index in [2.05, 4.69) is 15.0 Å². The van der Waals surface area contributed by atoms with Crippen LogP contribution in [0.5, 0.6) is 5.75 Å². The van der Waals surface area contributed by atoms with E-state index in [1.54, 1.807) is 12.5 Å². The van der Waals surface area contributed by atoms with Gasteiger partial charge in [0.05, 0.1) is 14.2 Å². The van der Waals surface area contributed by atoms with Gasteiger partial charge in [0.15, 0.2) is 10.8 Å². The standard InChI is InChI=1S/C12H12N2O3S/c1-16-9-5-3-4-8(6-9)13-12-14-10(7-18-12)11(15)17-2/h3-7H,1-2H3,(H,13,14). The summed E-state index contributed by atoms with van der Waals surface area (Å²) < 4.78 is 9.72. The van der Waals surface area contributed by atoms with Crippen LogP contribution in [0.3, 0.4) is 0 Å². The Kier molecular flexibility index (Phi) is 3.78. The Balaban J connectivity index is 2.13. The van der Waals surface area contributed by atoms with Gasteiger partial charge in [-0.25, -0.2) is 9.78 Å². The number of nitrogens with one attached hydrogen (secondary N) is 1. The smallest absolute Gasteiger partial charge is 0.357 e. The molecular weight excluding hydrogens is 252 g/mol. The number of hydrogen-bond acceptors (Lipinski definition) is 6. The normalized spacial score (nSPS) is 9.89. The number of rotatable bonds is 4. The lowest BCUT2D eigenvalue weighted by Gasteiger charge is -2.04. The first-order chi connectivity index (χ1) is 8.72. The van der Waals surface area contributed by atoms with E-state index >= 15 is 0 Å². The minimum atomic E-state index is -0.440. The van der Waals surface area contributed by atoms with Crippen molar-refractivity contribution in [2.24, 2.45) is 0 Å². The van der Waals surface area contributed by atoms with Crippen LogP contribution in [-0.4, -0.2) is 25.2 Å².